The molecule has 1 atom stereocenters. The summed E-state index contributed by atoms with van der Waals surface area (Å²) in [5, 5.41) is 9.08. The molecule has 184 valence electrons. The molecule has 13 heteroatoms. The molecule has 3 rings (SSSR count). The summed E-state index contributed by atoms with van der Waals surface area (Å²) in [7, 11) is -3.27. The molecule has 1 N–H and O–H groups in total. The first kappa shape index (κ1) is 25.4. The van der Waals surface area contributed by atoms with Gasteiger partial charge in [0.15, 0.2) is 0 Å². The molecule has 0 radical (unpaired) electrons. The van der Waals surface area contributed by atoms with E-state index in [0.717, 1.165) is 23.5 Å². The lowest BCUT2D eigenvalue weighted by Gasteiger charge is -2.40. The predicted molar refractivity (Wildman–Crippen MR) is 114 cm³/mol. The van der Waals surface area contributed by atoms with Crippen molar-refractivity contribution in [2.24, 2.45) is 0 Å². The van der Waals surface area contributed by atoms with Crippen LogP contribution in [-0.4, -0.2) is 67.5 Å². The molecule has 34 heavy (non-hydrogen) atoms. The maximum atomic E-state index is 13.5. The number of benzene rings is 1. The molecular formula is C21H22F3N3O6S. The number of ether oxygens (including phenoxy) is 1. The van der Waals surface area contributed by atoms with E-state index in [1.165, 1.54) is 29.3 Å². The SMILES string of the molecule is COC(=O)[C@@H]1CN(c2ncccc2C(F)(F)F)CCN1S(=O)(=O)c1ccc(C)c(CC(=O)O)c1. The molecule has 0 bridgehead atoms. The van der Waals surface area contributed by atoms with Crippen LogP contribution in [0.4, 0.5) is 19.0 Å². The number of methoxy groups -OCH3 is 1. The van der Waals surface area contributed by atoms with Crippen LogP contribution < -0.4 is 4.90 Å². The van der Waals surface area contributed by atoms with Gasteiger partial charge in [-0.3, -0.25) is 9.59 Å². The number of carboxylic acids is 1. The van der Waals surface area contributed by atoms with E-state index in [2.05, 4.69) is 4.98 Å². The average molecular weight is 501 g/mol. The Morgan fingerprint density at radius 1 is 1.24 bits per heavy atom. The van der Waals surface area contributed by atoms with Gasteiger partial charge in [-0.1, -0.05) is 6.07 Å². The van der Waals surface area contributed by atoms with Crippen molar-refractivity contribution in [2.75, 3.05) is 31.6 Å². The maximum absolute atomic E-state index is 13.5. The van der Waals surface area contributed by atoms with Gasteiger partial charge in [0.1, 0.15) is 11.9 Å². The van der Waals surface area contributed by atoms with Crippen LogP contribution in [0.2, 0.25) is 0 Å². The number of sulfonamides is 1. The van der Waals surface area contributed by atoms with Gasteiger partial charge in [0.2, 0.25) is 10.0 Å². The number of aryl methyl sites for hydroxylation is 1. The van der Waals surface area contributed by atoms with Crippen LogP contribution in [0.1, 0.15) is 16.7 Å². The highest BCUT2D eigenvalue weighted by Gasteiger charge is 2.43. The van der Waals surface area contributed by atoms with Gasteiger partial charge in [0.05, 0.1) is 24.0 Å². The van der Waals surface area contributed by atoms with Gasteiger partial charge >= 0.3 is 18.1 Å². The highest BCUT2D eigenvalue weighted by molar-refractivity contribution is 7.89. The average Bonchev–Trinajstić information content (AvgIpc) is 2.78. The zero-order chi connectivity index (χ0) is 25.3. The van der Waals surface area contributed by atoms with E-state index >= 15 is 0 Å². The molecule has 1 aliphatic rings. The summed E-state index contributed by atoms with van der Waals surface area (Å²) in [4.78, 5) is 28.4. The predicted octanol–water partition coefficient (Wildman–Crippen LogP) is 2.09. The van der Waals surface area contributed by atoms with Crippen molar-refractivity contribution in [1.82, 2.24) is 9.29 Å². The van der Waals surface area contributed by atoms with Crippen molar-refractivity contribution in [2.45, 2.75) is 30.5 Å². The van der Waals surface area contributed by atoms with Crippen LogP contribution in [-0.2, 0) is 36.9 Å². The summed E-state index contributed by atoms with van der Waals surface area (Å²) in [6, 6.07) is 4.51. The molecule has 1 fully saturated rings. The van der Waals surface area contributed by atoms with Crippen LogP contribution in [0.15, 0.2) is 41.4 Å². The standard InChI is InChI=1S/C21H22F3N3O6S/c1-13-5-6-15(10-14(13)11-18(28)29)34(31,32)27-9-8-26(12-17(27)20(30)33-2)19-16(21(22,23)24)4-3-7-25-19/h3-7,10,17H,8-9,11-12H2,1-2H3,(H,28,29)/t17-/m0/s1. The maximum Gasteiger partial charge on any atom is 0.419 e. The number of hydrogen-bond donors (Lipinski definition) is 1. The van der Waals surface area contributed by atoms with Crippen molar-refractivity contribution < 1.29 is 41.0 Å². The Morgan fingerprint density at radius 2 is 1.94 bits per heavy atom. The molecule has 2 heterocycles. The molecule has 0 amide bonds. The molecule has 1 aliphatic heterocycles. The topological polar surface area (TPSA) is 117 Å². The van der Waals surface area contributed by atoms with Gasteiger partial charge in [-0.25, -0.2) is 13.4 Å². The smallest absolute Gasteiger partial charge is 0.419 e. The Kier molecular flexibility index (Phi) is 7.17. The molecule has 1 saturated heterocycles. The van der Waals surface area contributed by atoms with Gasteiger partial charge in [-0.15, -0.1) is 0 Å². The monoisotopic (exact) mass is 501 g/mol. The summed E-state index contributed by atoms with van der Waals surface area (Å²) < 4.78 is 72.8. The molecule has 1 aromatic heterocycles. The summed E-state index contributed by atoms with van der Waals surface area (Å²) in [6.45, 7) is 0.731. The number of hydrogen-bond acceptors (Lipinski definition) is 7. The number of carbonyl (C=O) groups excluding carboxylic acids is 1. The molecule has 1 aromatic carbocycles. The highest BCUT2D eigenvalue weighted by atomic mass is 32.2. The molecule has 9 nitrogen and oxygen atoms in total. The number of rotatable bonds is 6. The van der Waals surface area contributed by atoms with Crippen molar-refractivity contribution >= 4 is 27.8 Å². The Hall–Kier alpha value is -3.19. The molecule has 0 spiro atoms. The number of pyridine rings is 1. The van der Waals surface area contributed by atoms with E-state index in [0.29, 0.717) is 5.56 Å². The largest absolute Gasteiger partial charge is 0.481 e. The fraction of sp³-hybridized carbons (Fsp3) is 0.381. The minimum atomic E-state index is -4.70. The van der Waals surface area contributed by atoms with E-state index < -0.39 is 58.5 Å². The van der Waals surface area contributed by atoms with Crippen LogP contribution in [0, 0.1) is 6.92 Å². The second-order valence-corrected chi connectivity index (χ2v) is 9.52. The summed E-state index contributed by atoms with van der Waals surface area (Å²) >= 11 is 0. The molecular weight excluding hydrogens is 479 g/mol. The highest BCUT2D eigenvalue weighted by Crippen LogP contribution is 2.36. The van der Waals surface area contributed by atoms with E-state index in [1.807, 2.05) is 0 Å². The number of aromatic nitrogens is 1. The number of nitrogens with zero attached hydrogens (tertiary/aromatic N) is 3. The minimum absolute atomic E-state index is 0.166. The van der Waals surface area contributed by atoms with Crippen LogP contribution in [0.3, 0.4) is 0 Å². The van der Waals surface area contributed by atoms with E-state index in [9.17, 15) is 31.2 Å². The van der Waals surface area contributed by atoms with E-state index in [-0.39, 0.29) is 23.5 Å². The lowest BCUT2D eigenvalue weighted by Crippen LogP contribution is -2.58. The Labute approximate surface area is 193 Å². The van der Waals surface area contributed by atoms with Gasteiger partial charge in [0, 0.05) is 25.8 Å². The lowest BCUT2D eigenvalue weighted by atomic mass is 10.1. The fourth-order valence-corrected chi connectivity index (χ4v) is 5.35. The summed E-state index contributed by atoms with van der Waals surface area (Å²) in [5.74, 6) is -2.51. The van der Waals surface area contributed by atoms with Crippen LogP contribution in [0.25, 0.3) is 0 Å². The summed E-state index contributed by atoms with van der Waals surface area (Å²) in [5.41, 5.74) is -0.151. The van der Waals surface area contributed by atoms with Gasteiger partial charge in [0.25, 0.3) is 0 Å². The number of halogens is 3. The Balaban J connectivity index is 1.98. The molecule has 0 aliphatic carbocycles. The first-order chi connectivity index (χ1) is 15.9. The Morgan fingerprint density at radius 3 is 2.56 bits per heavy atom. The second-order valence-electron chi connectivity index (χ2n) is 7.63. The number of anilines is 1. The van der Waals surface area contributed by atoms with Gasteiger partial charge in [-0.2, -0.15) is 17.5 Å². The van der Waals surface area contributed by atoms with Crippen molar-refractivity contribution in [1.29, 1.82) is 0 Å². The number of carbonyl (C=O) groups is 2. The lowest BCUT2D eigenvalue weighted by molar-refractivity contribution is -0.145. The number of alkyl halides is 3. The minimum Gasteiger partial charge on any atom is -0.481 e. The zero-order valence-electron chi connectivity index (χ0n) is 18.2. The van der Waals surface area contributed by atoms with E-state index in [1.54, 1.807) is 6.92 Å². The molecule has 0 unspecified atom stereocenters. The Bertz CT molecular complexity index is 1200. The quantitative estimate of drug-likeness (QED) is 0.598. The second kappa shape index (κ2) is 9.58. The van der Waals surface area contributed by atoms with Crippen LogP contribution in [0.5, 0.6) is 0 Å². The van der Waals surface area contributed by atoms with Crippen LogP contribution >= 0.6 is 0 Å². The molecule has 0 saturated carbocycles. The number of aliphatic carboxylic acids is 1. The number of piperazine rings is 1. The third-order valence-corrected chi connectivity index (χ3v) is 7.37. The van der Waals surface area contributed by atoms with Gasteiger partial charge < -0.3 is 14.7 Å². The van der Waals surface area contributed by atoms with Crippen molar-refractivity contribution in [3.05, 3.63) is 53.2 Å². The first-order valence-corrected chi connectivity index (χ1v) is 11.5. The van der Waals surface area contributed by atoms with Crippen molar-refractivity contribution in [3.8, 4) is 0 Å². The van der Waals surface area contributed by atoms with Gasteiger partial charge in [-0.05, 0) is 42.3 Å². The normalized spacial score (nSPS) is 17.4. The first-order valence-electron chi connectivity index (χ1n) is 10.0. The third kappa shape index (κ3) is 5.14. The fourth-order valence-electron chi connectivity index (χ4n) is 3.74. The zero-order valence-corrected chi connectivity index (χ0v) is 19.1. The van der Waals surface area contributed by atoms with Crippen molar-refractivity contribution in [3.63, 3.8) is 0 Å². The van der Waals surface area contributed by atoms with E-state index in [4.69, 9.17) is 9.84 Å². The third-order valence-electron chi connectivity index (χ3n) is 5.46. The molecule has 2 aromatic rings. The summed E-state index contributed by atoms with van der Waals surface area (Å²) in [6.07, 6.45) is -3.92. The number of carboxylic acid groups (broad SMARTS) is 1. The number of esters is 1.